The Morgan fingerprint density at radius 2 is 1.70 bits per heavy atom. The van der Waals surface area contributed by atoms with Gasteiger partial charge in [-0.05, 0) is 55.8 Å². The third-order valence-corrected chi connectivity index (χ3v) is 4.67. The first-order chi connectivity index (χ1) is 12.4. The van der Waals surface area contributed by atoms with Crippen LogP contribution in [0.4, 0.5) is 18.9 Å². The third kappa shape index (κ3) is 5.41. The average Bonchev–Trinajstić information content (AvgIpc) is 2.55. The van der Waals surface area contributed by atoms with E-state index in [2.05, 4.69) is 5.32 Å². The van der Waals surface area contributed by atoms with Crippen molar-refractivity contribution in [1.29, 1.82) is 5.41 Å². The summed E-state index contributed by atoms with van der Waals surface area (Å²) in [5.41, 5.74) is 0.972. The minimum Gasteiger partial charge on any atom is -0.355 e. The maximum absolute atomic E-state index is 12.9. The summed E-state index contributed by atoms with van der Waals surface area (Å²) in [7, 11) is -3.88. The normalized spacial score (nSPS) is 12.7. The van der Waals surface area contributed by atoms with E-state index in [9.17, 15) is 21.6 Å². The van der Waals surface area contributed by atoms with Crippen molar-refractivity contribution in [2.45, 2.75) is 24.9 Å². The number of halogens is 3. The lowest BCUT2D eigenvalue weighted by Crippen LogP contribution is -2.20. The molecule has 0 atom stereocenters. The smallest absolute Gasteiger partial charge is 0.355 e. The fourth-order valence-corrected chi connectivity index (χ4v) is 2.83. The van der Waals surface area contributed by atoms with Crippen LogP contribution in [0.3, 0.4) is 0 Å². The second kappa shape index (κ2) is 7.53. The predicted octanol–water partition coefficient (Wildman–Crippen LogP) is 3.99. The minimum absolute atomic E-state index is 0.0712. The van der Waals surface area contributed by atoms with Crippen molar-refractivity contribution in [3.8, 4) is 0 Å². The van der Waals surface area contributed by atoms with Crippen LogP contribution in [-0.4, -0.2) is 20.3 Å². The Morgan fingerprint density at radius 1 is 1.11 bits per heavy atom. The van der Waals surface area contributed by atoms with Gasteiger partial charge < -0.3 is 5.32 Å². The highest BCUT2D eigenvalue weighted by Crippen LogP contribution is 2.26. The Labute approximate surface area is 155 Å². The molecular weight excluding hydrogens is 379 g/mol. The molecular formula is C18H18F3N3O2S. The molecule has 0 saturated carbocycles. The standard InChI is InChI=1S/C18H18F3N3O2S/c1-11-3-4-12(2)15(9-11)16(10-17(22)18(19,20)21)24-13-5-7-14(8-6-13)27(23,25)26/h3-10,22,24H,1-2H3,(H2,23,25,26)/b16-10-,22-17?. The van der Waals surface area contributed by atoms with E-state index in [1.54, 1.807) is 26.0 Å². The van der Waals surface area contributed by atoms with E-state index >= 15 is 0 Å². The number of anilines is 1. The molecule has 0 radical (unpaired) electrons. The van der Waals surface area contributed by atoms with Gasteiger partial charge in [0.05, 0.1) is 4.90 Å². The molecule has 0 spiro atoms. The largest absolute Gasteiger partial charge is 0.432 e. The first-order valence-electron chi connectivity index (χ1n) is 7.73. The zero-order chi connectivity index (χ0) is 20.4. The molecule has 0 heterocycles. The molecule has 0 amide bonds. The van der Waals surface area contributed by atoms with Gasteiger partial charge in [0, 0.05) is 16.9 Å². The second-order valence-electron chi connectivity index (χ2n) is 5.98. The summed E-state index contributed by atoms with van der Waals surface area (Å²) < 4.78 is 61.2. The molecule has 27 heavy (non-hydrogen) atoms. The first-order valence-corrected chi connectivity index (χ1v) is 9.27. The van der Waals surface area contributed by atoms with Crippen LogP contribution in [0.25, 0.3) is 5.70 Å². The van der Waals surface area contributed by atoms with Crippen molar-refractivity contribution in [2.24, 2.45) is 5.14 Å². The van der Waals surface area contributed by atoms with Gasteiger partial charge in [-0.3, -0.25) is 5.41 Å². The van der Waals surface area contributed by atoms with Gasteiger partial charge in [0.1, 0.15) is 5.71 Å². The lowest BCUT2D eigenvalue weighted by atomic mass is 10.0. The highest BCUT2D eigenvalue weighted by atomic mass is 32.2. The highest BCUT2D eigenvalue weighted by molar-refractivity contribution is 7.89. The van der Waals surface area contributed by atoms with Gasteiger partial charge in [-0.1, -0.05) is 17.7 Å². The Balaban J connectivity index is 2.49. The van der Waals surface area contributed by atoms with Crippen LogP contribution in [-0.2, 0) is 10.0 Å². The molecule has 2 aromatic rings. The number of rotatable bonds is 5. The molecule has 9 heteroatoms. The Bertz CT molecular complexity index is 996. The van der Waals surface area contributed by atoms with E-state index in [1.165, 1.54) is 24.3 Å². The number of sulfonamides is 1. The number of nitrogens with two attached hydrogens (primary N) is 1. The van der Waals surface area contributed by atoms with Gasteiger partial charge >= 0.3 is 6.18 Å². The number of benzene rings is 2. The summed E-state index contributed by atoms with van der Waals surface area (Å²) >= 11 is 0. The third-order valence-electron chi connectivity index (χ3n) is 3.74. The van der Waals surface area contributed by atoms with Crippen molar-refractivity contribution in [1.82, 2.24) is 0 Å². The van der Waals surface area contributed by atoms with Crippen molar-refractivity contribution in [3.63, 3.8) is 0 Å². The van der Waals surface area contributed by atoms with Crippen LogP contribution in [0.2, 0.25) is 0 Å². The maximum atomic E-state index is 12.9. The Hall–Kier alpha value is -2.65. The summed E-state index contributed by atoms with van der Waals surface area (Å²) in [6, 6.07) is 10.6. The van der Waals surface area contributed by atoms with E-state index in [-0.39, 0.29) is 10.6 Å². The summed E-state index contributed by atoms with van der Waals surface area (Å²) in [6.07, 6.45) is -4.09. The SMILES string of the molecule is Cc1ccc(C)c(/C(=C/C(=N)C(F)(F)F)Nc2ccc(S(N)(=O)=O)cc2)c1. The van der Waals surface area contributed by atoms with Crippen molar-refractivity contribution in [2.75, 3.05) is 5.32 Å². The van der Waals surface area contributed by atoms with Gasteiger partial charge in [0.2, 0.25) is 10.0 Å². The zero-order valence-corrected chi connectivity index (χ0v) is 15.4. The lowest BCUT2D eigenvalue weighted by molar-refractivity contribution is -0.0583. The van der Waals surface area contributed by atoms with Gasteiger partial charge in [-0.15, -0.1) is 0 Å². The van der Waals surface area contributed by atoms with Crippen LogP contribution in [0.15, 0.2) is 53.4 Å². The predicted molar refractivity (Wildman–Crippen MR) is 99.1 cm³/mol. The molecule has 2 rings (SSSR count). The summed E-state index contributed by atoms with van der Waals surface area (Å²) in [5, 5.41) is 15.2. The molecule has 0 aromatic heterocycles. The summed E-state index contributed by atoms with van der Waals surface area (Å²) in [5.74, 6) is 0. The van der Waals surface area contributed by atoms with Crippen LogP contribution in [0.1, 0.15) is 16.7 Å². The van der Waals surface area contributed by atoms with Crippen molar-refractivity contribution in [3.05, 3.63) is 65.2 Å². The molecule has 0 fully saturated rings. The lowest BCUT2D eigenvalue weighted by Gasteiger charge is -2.16. The fourth-order valence-electron chi connectivity index (χ4n) is 2.32. The maximum Gasteiger partial charge on any atom is 0.432 e. The molecule has 0 aliphatic heterocycles. The van der Waals surface area contributed by atoms with E-state index in [0.29, 0.717) is 17.3 Å². The highest BCUT2D eigenvalue weighted by Gasteiger charge is 2.33. The number of hydrogen-bond donors (Lipinski definition) is 3. The Kier molecular flexibility index (Phi) is 5.76. The average molecular weight is 397 g/mol. The fraction of sp³-hybridized carbons (Fsp3) is 0.167. The zero-order valence-electron chi connectivity index (χ0n) is 14.6. The van der Waals surface area contributed by atoms with Gasteiger partial charge in [-0.2, -0.15) is 13.2 Å². The molecule has 5 nitrogen and oxygen atoms in total. The number of alkyl halides is 3. The monoisotopic (exact) mass is 397 g/mol. The van der Waals surface area contributed by atoms with Gasteiger partial charge in [0.25, 0.3) is 0 Å². The van der Waals surface area contributed by atoms with Crippen LogP contribution >= 0.6 is 0 Å². The molecule has 0 aliphatic rings. The quantitative estimate of drug-likeness (QED) is 0.666. The minimum atomic E-state index is -4.79. The van der Waals surface area contributed by atoms with Crippen molar-refractivity contribution < 1.29 is 21.6 Å². The van der Waals surface area contributed by atoms with Crippen LogP contribution < -0.4 is 10.5 Å². The second-order valence-corrected chi connectivity index (χ2v) is 7.54. The number of aryl methyl sites for hydroxylation is 2. The molecule has 0 saturated heterocycles. The van der Waals surface area contributed by atoms with Gasteiger partial charge in [-0.25, -0.2) is 13.6 Å². The number of primary sulfonamides is 1. The van der Waals surface area contributed by atoms with Gasteiger partial charge in [0.15, 0.2) is 0 Å². The van der Waals surface area contributed by atoms with E-state index < -0.39 is 21.9 Å². The number of hydrogen-bond acceptors (Lipinski definition) is 4. The summed E-state index contributed by atoms with van der Waals surface area (Å²) in [4.78, 5) is -0.117. The van der Waals surface area contributed by atoms with E-state index in [4.69, 9.17) is 10.5 Å². The molecule has 2 aromatic carbocycles. The first kappa shape index (κ1) is 20.7. The topological polar surface area (TPSA) is 96.0 Å². The van der Waals surface area contributed by atoms with E-state index in [0.717, 1.165) is 11.1 Å². The molecule has 144 valence electrons. The van der Waals surface area contributed by atoms with Crippen LogP contribution in [0, 0.1) is 19.3 Å². The molecule has 4 N–H and O–H groups in total. The molecule has 0 unspecified atom stereocenters. The molecule has 0 aliphatic carbocycles. The van der Waals surface area contributed by atoms with E-state index in [1.807, 2.05) is 6.07 Å². The number of allylic oxidation sites excluding steroid dienone is 1. The summed E-state index contributed by atoms with van der Waals surface area (Å²) in [6.45, 7) is 3.54. The van der Waals surface area contributed by atoms with Crippen molar-refractivity contribution >= 4 is 27.1 Å². The Morgan fingerprint density at radius 3 is 2.22 bits per heavy atom. The number of nitrogens with one attached hydrogen (secondary N) is 2. The van der Waals surface area contributed by atoms with Crippen LogP contribution in [0.5, 0.6) is 0 Å². The molecule has 0 bridgehead atoms.